The topological polar surface area (TPSA) is 102 Å². The van der Waals surface area contributed by atoms with Gasteiger partial charge in [-0.1, -0.05) is 12.1 Å². The van der Waals surface area contributed by atoms with Crippen LogP contribution in [0.4, 0.5) is 0 Å². The summed E-state index contributed by atoms with van der Waals surface area (Å²) in [5.41, 5.74) is 1.17. The normalized spacial score (nSPS) is 17.8. The van der Waals surface area contributed by atoms with Crippen molar-refractivity contribution in [3.8, 4) is 17.2 Å². The van der Waals surface area contributed by atoms with Gasteiger partial charge in [-0.3, -0.25) is 4.90 Å². The third kappa shape index (κ3) is 8.97. The Hall–Kier alpha value is -2.95. The highest BCUT2D eigenvalue weighted by molar-refractivity contribution is 7.89. The maximum absolute atomic E-state index is 12.7. The van der Waals surface area contributed by atoms with E-state index in [0.717, 1.165) is 11.5 Å². The first-order valence-electron chi connectivity index (χ1n) is 10.8. The van der Waals surface area contributed by atoms with E-state index in [9.17, 15) is 8.42 Å². The minimum Gasteiger partial charge on any atom is -0.497 e. The number of carbonyl (C=O) groups is 2. The molecule has 0 amide bonds. The predicted octanol–water partition coefficient (Wildman–Crippen LogP) is 3.05. The van der Waals surface area contributed by atoms with Crippen LogP contribution >= 0.6 is 0 Å². The Morgan fingerprint density at radius 3 is 1.86 bits per heavy atom. The molecule has 0 N–H and O–H groups in total. The summed E-state index contributed by atoms with van der Waals surface area (Å²) < 4.78 is 42.2. The van der Waals surface area contributed by atoms with Crippen LogP contribution in [0.15, 0.2) is 47.4 Å². The molecule has 0 aliphatic carbocycles. The summed E-state index contributed by atoms with van der Waals surface area (Å²) in [5.74, 6) is 2.12. The van der Waals surface area contributed by atoms with Crippen molar-refractivity contribution in [2.45, 2.75) is 37.8 Å². The fourth-order valence-electron chi connectivity index (χ4n) is 3.41. The molecule has 1 fully saturated rings. The molecule has 2 unspecified atom stereocenters. The Kier molecular flexibility index (Phi) is 14.5. The van der Waals surface area contributed by atoms with Crippen molar-refractivity contribution in [1.29, 1.82) is 0 Å². The molecule has 9 nitrogen and oxygen atoms in total. The van der Waals surface area contributed by atoms with Crippen LogP contribution in [0.1, 0.15) is 19.4 Å². The summed E-state index contributed by atoms with van der Waals surface area (Å²) in [7, 11) is 3.38. The largest absolute Gasteiger partial charge is 0.497 e. The Morgan fingerprint density at radius 2 is 1.37 bits per heavy atom. The minimum atomic E-state index is -3.46. The molecule has 1 heterocycles. The molecule has 10 heteroatoms. The van der Waals surface area contributed by atoms with Gasteiger partial charge < -0.3 is 23.8 Å². The molecule has 1 aliphatic rings. The molecule has 2 aromatic rings. The minimum absolute atomic E-state index is 0.208. The number of aryl methyl sites for hydroxylation is 1. The molecular weight excluding hydrogens is 472 g/mol. The maximum atomic E-state index is 12.7. The van der Waals surface area contributed by atoms with Gasteiger partial charge in [0.15, 0.2) is 11.5 Å². The van der Waals surface area contributed by atoms with Gasteiger partial charge in [-0.25, -0.2) is 8.42 Å². The van der Waals surface area contributed by atoms with Crippen LogP contribution in [-0.4, -0.2) is 84.8 Å². The second kappa shape index (κ2) is 15.9. The smallest absolute Gasteiger partial charge is 0.243 e. The molecule has 0 saturated carbocycles. The number of piperazine rings is 1. The zero-order valence-corrected chi connectivity index (χ0v) is 22.5. The molecule has 0 radical (unpaired) electrons. The van der Waals surface area contributed by atoms with E-state index in [-0.39, 0.29) is 12.1 Å². The first-order valence-corrected chi connectivity index (χ1v) is 12.2. The van der Waals surface area contributed by atoms with E-state index < -0.39 is 10.0 Å². The number of ether oxygens (including phenoxy) is 3. The Balaban J connectivity index is 0.000000652. The van der Waals surface area contributed by atoms with E-state index in [1.54, 1.807) is 42.8 Å². The van der Waals surface area contributed by atoms with Crippen LogP contribution in [0.2, 0.25) is 0 Å². The van der Waals surface area contributed by atoms with Crippen LogP contribution in [0.3, 0.4) is 0 Å². The van der Waals surface area contributed by atoms with E-state index in [4.69, 9.17) is 23.8 Å². The van der Waals surface area contributed by atoms with Gasteiger partial charge in [0.1, 0.15) is 19.3 Å². The molecule has 0 bridgehead atoms. The standard InChI is InChI=1S/C14H22N2O3S.C9H12O2.2CH2O/c1-11-9-16(10-12(2)15(11)3)20(17,18)14-7-5-6-13(8-14)19-4;1-7-4-5-8(10-2)9(6-7)11-3;2*1-2/h5-8,11-12H,9-10H2,1-4H3;4-6H,1-3H3;2*1H2. The second-order valence-electron chi connectivity index (χ2n) is 7.72. The SMILES string of the molecule is C=O.C=O.COc1ccc(C)cc1OC.COc1cccc(S(=O)(=O)N2CC(C)N(C)C(C)C2)c1. The van der Waals surface area contributed by atoms with Crippen LogP contribution < -0.4 is 14.2 Å². The van der Waals surface area contributed by atoms with Gasteiger partial charge in [-0.15, -0.1) is 0 Å². The van der Waals surface area contributed by atoms with Crippen LogP contribution in [-0.2, 0) is 19.6 Å². The highest BCUT2D eigenvalue weighted by atomic mass is 32.2. The summed E-state index contributed by atoms with van der Waals surface area (Å²) in [4.78, 5) is 18.5. The van der Waals surface area contributed by atoms with Crippen LogP contribution in [0.5, 0.6) is 17.2 Å². The highest BCUT2D eigenvalue weighted by Gasteiger charge is 2.34. The third-order valence-electron chi connectivity index (χ3n) is 5.54. The highest BCUT2D eigenvalue weighted by Crippen LogP contribution is 2.27. The summed E-state index contributed by atoms with van der Waals surface area (Å²) in [6.07, 6.45) is 0. The average Bonchev–Trinajstić information content (AvgIpc) is 2.89. The number of hydrogen-bond donors (Lipinski definition) is 0. The fourth-order valence-corrected chi connectivity index (χ4v) is 5.04. The van der Waals surface area contributed by atoms with E-state index in [0.29, 0.717) is 23.7 Å². The molecule has 2 aromatic carbocycles. The number of hydrogen-bond acceptors (Lipinski definition) is 8. The van der Waals surface area contributed by atoms with E-state index in [1.807, 2.05) is 59.6 Å². The predicted molar refractivity (Wildman–Crippen MR) is 137 cm³/mol. The number of benzene rings is 2. The van der Waals surface area contributed by atoms with E-state index in [2.05, 4.69) is 4.90 Å². The summed E-state index contributed by atoms with van der Waals surface area (Å²) in [6.45, 7) is 11.1. The Labute approximate surface area is 209 Å². The molecule has 1 aliphatic heterocycles. The quantitative estimate of drug-likeness (QED) is 0.605. The number of methoxy groups -OCH3 is 3. The van der Waals surface area contributed by atoms with Gasteiger partial charge in [0.05, 0.1) is 26.2 Å². The second-order valence-corrected chi connectivity index (χ2v) is 9.66. The number of carbonyl (C=O) groups excluding carboxylic acids is 2. The van der Waals surface area contributed by atoms with Crippen molar-refractivity contribution in [3.05, 3.63) is 48.0 Å². The number of sulfonamides is 1. The Morgan fingerprint density at radius 1 is 0.829 bits per heavy atom. The lowest BCUT2D eigenvalue weighted by molar-refractivity contribution is -0.0987. The molecule has 0 spiro atoms. The molecule has 0 aromatic heterocycles. The number of likely N-dealkylation sites (N-methyl/N-ethyl adjacent to an activating group) is 1. The van der Waals surface area contributed by atoms with Gasteiger partial charge in [0, 0.05) is 31.2 Å². The lowest BCUT2D eigenvalue weighted by Crippen LogP contribution is -2.56. The molecule has 196 valence electrons. The summed E-state index contributed by atoms with van der Waals surface area (Å²) in [5, 5.41) is 0. The lowest BCUT2D eigenvalue weighted by Gasteiger charge is -2.41. The van der Waals surface area contributed by atoms with E-state index in [1.165, 1.54) is 12.7 Å². The molecule has 35 heavy (non-hydrogen) atoms. The van der Waals surface area contributed by atoms with Gasteiger partial charge >= 0.3 is 0 Å². The fraction of sp³-hybridized carbons (Fsp3) is 0.440. The van der Waals surface area contributed by atoms with E-state index >= 15 is 0 Å². The third-order valence-corrected chi connectivity index (χ3v) is 7.37. The zero-order chi connectivity index (χ0) is 27.2. The van der Waals surface area contributed by atoms with Crippen molar-refractivity contribution >= 4 is 23.6 Å². The summed E-state index contributed by atoms with van der Waals surface area (Å²) in [6, 6.07) is 12.9. The van der Waals surface area contributed by atoms with Gasteiger partial charge in [-0.05, 0) is 57.6 Å². The first kappa shape index (κ1) is 32.0. The monoisotopic (exact) mass is 510 g/mol. The van der Waals surface area contributed by atoms with Gasteiger partial charge in [0.2, 0.25) is 10.0 Å². The molecule has 3 rings (SSSR count). The Bertz CT molecular complexity index is 987. The van der Waals surface area contributed by atoms with Crippen molar-refractivity contribution in [1.82, 2.24) is 9.21 Å². The van der Waals surface area contributed by atoms with Crippen molar-refractivity contribution < 1.29 is 32.2 Å². The van der Waals surface area contributed by atoms with Crippen molar-refractivity contribution in [3.63, 3.8) is 0 Å². The lowest BCUT2D eigenvalue weighted by atomic mass is 10.1. The molecule has 2 atom stereocenters. The zero-order valence-electron chi connectivity index (χ0n) is 21.7. The summed E-state index contributed by atoms with van der Waals surface area (Å²) >= 11 is 0. The number of rotatable bonds is 5. The van der Waals surface area contributed by atoms with Crippen LogP contribution in [0, 0.1) is 6.92 Å². The average molecular weight is 511 g/mol. The van der Waals surface area contributed by atoms with Crippen molar-refractivity contribution in [2.75, 3.05) is 41.5 Å². The maximum Gasteiger partial charge on any atom is 0.243 e. The van der Waals surface area contributed by atoms with Crippen molar-refractivity contribution in [2.24, 2.45) is 0 Å². The molecular formula is C25H38N2O7S. The van der Waals surface area contributed by atoms with Crippen LogP contribution in [0.25, 0.3) is 0 Å². The molecule has 1 saturated heterocycles. The first-order chi connectivity index (χ1) is 16.6. The van der Waals surface area contributed by atoms with Gasteiger partial charge in [0.25, 0.3) is 0 Å². The van der Waals surface area contributed by atoms with Gasteiger partial charge in [-0.2, -0.15) is 4.31 Å². The number of nitrogens with zero attached hydrogens (tertiary/aromatic N) is 2.